The first-order chi connectivity index (χ1) is 8.60. The molecule has 1 aliphatic rings. The normalized spacial score (nSPS) is 14.0. The van der Waals surface area contributed by atoms with Crippen LogP contribution in [0.5, 0.6) is 0 Å². The molecule has 0 bridgehead atoms. The maximum absolute atomic E-state index is 10.9. The van der Waals surface area contributed by atoms with Gasteiger partial charge in [-0.15, -0.1) is 0 Å². The Bertz CT molecular complexity index is 506. The molecule has 0 saturated heterocycles. The second-order valence-corrected chi connectivity index (χ2v) is 4.93. The van der Waals surface area contributed by atoms with E-state index in [4.69, 9.17) is 22.0 Å². The summed E-state index contributed by atoms with van der Waals surface area (Å²) in [6, 6.07) is 7.03. The van der Waals surface area contributed by atoms with Gasteiger partial charge in [0.05, 0.1) is 11.3 Å². The molecule has 1 fully saturated rings. The fourth-order valence-corrected chi connectivity index (χ4v) is 2.07. The quantitative estimate of drug-likeness (QED) is 0.887. The lowest BCUT2D eigenvalue weighted by Gasteiger charge is -2.23. The van der Waals surface area contributed by atoms with Crippen molar-refractivity contribution in [1.82, 2.24) is 0 Å². The number of carboxylic acid groups (broad SMARTS) is 1. The number of hydrogen-bond acceptors (Lipinski definition) is 3. The van der Waals surface area contributed by atoms with Gasteiger partial charge in [0.25, 0.3) is 0 Å². The molecule has 2 rings (SSSR count). The first-order valence-corrected chi connectivity index (χ1v) is 6.14. The molecule has 18 heavy (non-hydrogen) atoms. The monoisotopic (exact) mass is 264 g/mol. The highest BCUT2D eigenvalue weighted by Gasteiger charge is 2.26. The number of rotatable bonds is 5. The van der Waals surface area contributed by atoms with Gasteiger partial charge in [0, 0.05) is 11.6 Å². The number of carboxylic acids is 1. The summed E-state index contributed by atoms with van der Waals surface area (Å²) < 4.78 is 0. The average molecular weight is 265 g/mol. The third kappa shape index (κ3) is 3.14. The van der Waals surface area contributed by atoms with Crippen molar-refractivity contribution in [2.75, 3.05) is 18.0 Å². The van der Waals surface area contributed by atoms with E-state index in [0.717, 1.165) is 12.8 Å². The van der Waals surface area contributed by atoms with Crippen molar-refractivity contribution in [1.29, 1.82) is 5.26 Å². The average Bonchev–Trinajstić information content (AvgIpc) is 3.11. The van der Waals surface area contributed by atoms with E-state index in [1.165, 1.54) is 0 Å². The minimum atomic E-state index is -0.894. The summed E-state index contributed by atoms with van der Waals surface area (Å²) >= 11 is 5.84. The van der Waals surface area contributed by atoms with Gasteiger partial charge in [-0.1, -0.05) is 11.6 Å². The van der Waals surface area contributed by atoms with Gasteiger partial charge >= 0.3 is 5.97 Å². The zero-order valence-corrected chi connectivity index (χ0v) is 10.5. The van der Waals surface area contributed by atoms with E-state index >= 15 is 0 Å². The third-order valence-corrected chi connectivity index (χ3v) is 3.16. The van der Waals surface area contributed by atoms with Crippen LogP contribution in [0.1, 0.15) is 18.4 Å². The molecule has 0 atom stereocenters. The molecule has 5 heteroatoms. The number of anilines is 1. The lowest BCUT2D eigenvalue weighted by atomic mass is 10.1. The molecule has 1 saturated carbocycles. The minimum absolute atomic E-state index is 0.0905. The van der Waals surface area contributed by atoms with E-state index in [9.17, 15) is 4.79 Å². The van der Waals surface area contributed by atoms with Crippen molar-refractivity contribution in [3.63, 3.8) is 0 Å². The number of nitrogens with zero attached hydrogens (tertiary/aromatic N) is 2. The van der Waals surface area contributed by atoms with E-state index in [1.54, 1.807) is 23.1 Å². The summed E-state index contributed by atoms with van der Waals surface area (Å²) in [6.07, 6.45) is 2.26. The van der Waals surface area contributed by atoms with Gasteiger partial charge in [0.2, 0.25) is 0 Å². The second-order valence-electron chi connectivity index (χ2n) is 4.49. The van der Waals surface area contributed by atoms with Crippen LogP contribution in [0.4, 0.5) is 5.69 Å². The van der Waals surface area contributed by atoms with Crippen LogP contribution in [0.3, 0.4) is 0 Å². The Hall–Kier alpha value is -1.73. The summed E-state index contributed by atoms with van der Waals surface area (Å²) in [5.74, 6) is -0.346. The molecule has 0 spiro atoms. The van der Waals surface area contributed by atoms with E-state index in [1.807, 2.05) is 0 Å². The molecule has 0 aliphatic heterocycles. The van der Waals surface area contributed by atoms with Gasteiger partial charge < -0.3 is 10.0 Å². The lowest BCUT2D eigenvalue weighted by molar-refractivity contribution is -0.135. The highest BCUT2D eigenvalue weighted by molar-refractivity contribution is 6.30. The summed E-state index contributed by atoms with van der Waals surface area (Å²) in [4.78, 5) is 12.6. The van der Waals surface area contributed by atoms with Crippen molar-refractivity contribution < 1.29 is 9.90 Å². The summed E-state index contributed by atoms with van der Waals surface area (Å²) in [7, 11) is 0. The number of nitriles is 1. The van der Waals surface area contributed by atoms with Gasteiger partial charge in [-0.3, -0.25) is 4.79 Å². The van der Waals surface area contributed by atoms with E-state index in [-0.39, 0.29) is 6.54 Å². The molecular weight excluding hydrogens is 252 g/mol. The Kier molecular flexibility index (Phi) is 3.73. The molecule has 1 aliphatic carbocycles. The van der Waals surface area contributed by atoms with E-state index in [2.05, 4.69) is 6.07 Å². The molecule has 0 heterocycles. The van der Waals surface area contributed by atoms with Crippen LogP contribution < -0.4 is 4.90 Å². The molecule has 1 aromatic carbocycles. The SMILES string of the molecule is N#Cc1cc(Cl)ccc1N(CC(=O)O)CC1CC1. The Morgan fingerprint density at radius 3 is 2.83 bits per heavy atom. The molecular formula is C13H13ClN2O2. The topological polar surface area (TPSA) is 64.3 Å². The van der Waals surface area contributed by atoms with Crippen LogP contribution in [0, 0.1) is 17.2 Å². The predicted molar refractivity (Wildman–Crippen MR) is 68.7 cm³/mol. The molecule has 0 unspecified atom stereocenters. The number of hydrogen-bond donors (Lipinski definition) is 1. The fraction of sp³-hybridized carbons (Fsp3) is 0.385. The maximum atomic E-state index is 10.9. The van der Waals surface area contributed by atoms with Crippen molar-refractivity contribution in [2.45, 2.75) is 12.8 Å². The number of halogens is 1. The van der Waals surface area contributed by atoms with Crippen LogP contribution in [-0.4, -0.2) is 24.2 Å². The van der Waals surface area contributed by atoms with E-state index in [0.29, 0.717) is 28.7 Å². The zero-order chi connectivity index (χ0) is 13.1. The fourth-order valence-electron chi connectivity index (χ4n) is 1.90. The first-order valence-electron chi connectivity index (χ1n) is 5.76. The molecule has 0 aromatic heterocycles. The van der Waals surface area contributed by atoms with Gasteiger partial charge in [0.1, 0.15) is 12.6 Å². The van der Waals surface area contributed by atoms with Gasteiger partial charge in [-0.2, -0.15) is 5.26 Å². The molecule has 0 amide bonds. The van der Waals surface area contributed by atoms with Crippen LogP contribution in [0.25, 0.3) is 0 Å². The van der Waals surface area contributed by atoms with E-state index < -0.39 is 5.97 Å². The van der Waals surface area contributed by atoms with Crippen molar-refractivity contribution >= 4 is 23.3 Å². The van der Waals surface area contributed by atoms with Crippen LogP contribution in [0.2, 0.25) is 5.02 Å². The second kappa shape index (κ2) is 5.28. The summed E-state index contributed by atoms with van der Waals surface area (Å²) in [6.45, 7) is 0.593. The Morgan fingerprint density at radius 1 is 1.56 bits per heavy atom. The highest BCUT2D eigenvalue weighted by Crippen LogP contribution is 2.32. The Morgan fingerprint density at radius 2 is 2.28 bits per heavy atom. The van der Waals surface area contributed by atoms with Crippen LogP contribution in [0.15, 0.2) is 18.2 Å². The van der Waals surface area contributed by atoms with Crippen molar-refractivity contribution in [3.8, 4) is 6.07 Å². The predicted octanol–water partition coefficient (Wildman–Crippen LogP) is 2.51. The first kappa shape index (κ1) is 12.7. The third-order valence-electron chi connectivity index (χ3n) is 2.92. The number of aliphatic carboxylic acids is 1. The Labute approximate surface area is 110 Å². The summed E-state index contributed by atoms with van der Waals surface area (Å²) in [5.41, 5.74) is 1.07. The minimum Gasteiger partial charge on any atom is -0.480 e. The largest absolute Gasteiger partial charge is 0.480 e. The van der Waals surface area contributed by atoms with Crippen molar-refractivity contribution in [3.05, 3.63) is 28.8 Å². The number of carbonyl (C=O) groups is 1. The molecule has 4 nitrogen and oxygen atoms in total. The Balaban J connectivity index is 2.28. The van der Waals surface area contributed by atoms with Crippen LogP contribution >= 0.6 is 11.6 Å². The lowest BCUT2D eigenvalue weighted by Crippen LogP contribution is -2.32. The maximum Gasteiger partial charge on any atom is 0.323 e. The molecule has 1 N–H and O–H groups in total. The standard InChI is InChI=1S/C13H13ClN2O2/c14-11-3-4-12(10(5-11)6-15)16(8-13(17)18)7-9-1-2-9/h3-5,9H,1-2,7-8H2,(H,17,18). The van der Waals surface area contributed by atoms with Crippen LogP contribution in [-0.2, 0) is 4.79 Å². The smallest absolute Gasteiger partial charge is 0.323 e. The zero-order valence-electron chi connectivity index (χ0n) is 9.77. The molecule has 94 valence electrons. The van der Waals surface area contributed by atoms with Gasteiger partial charge in [-0.25, -0.2) is 0 Å². The number of benzene rings is 1. The molecule has 1 aromatic rings. The van der Waals surface area contributed by atoms with Gasteiger partial charge in [0.15, 0.2) is 0 Å². The van der Waals surface area contributed by atoms with Gasteiger partial charge in [-0.05, 0) is 37.0 Å². The van der Waals surface area contributed by atoms with Crippen molar-refractivity contribution in [2.24, 2.45) is 5.92 Å². The molecule has 0 radical (unpaired) electrons. The highest BCUT2D eigenvalue weighted by atomic mass is 35.5. The summed E-state index contributed by atoms with van der Waals surface area (Å²) in [5, 5.41) is 18.5.